The molecule has 0 aromatic heterocycles. The second-order valence-corrected chi connectivity index (χ2v) is 7.80. The number of rotatable bonds is 5. The van der Waals surface area contributed by atoms with E-state index in [0.29, 0.717) is 0 Å². The van der Waals surface area contributed by atoms with Gasteiger partial charge in [-0.2, -0.15) is 0 Å². The summed E-state index contributed by atoms with van der Waals surface area (Å²) in [6.45, 7) is 1.18. The standard InChI is InChI=1S/C13H16FNO4S2/c1-10(20(2)17)9-15-21(18,19)13-6-5-12(14)8-11(13)4-3-7-16/h5-6,8,10,15-16H,7,9H2,1-2H3. The van der Waals surface area contributed by atoms with Crippen LogP contribution < -0.4 is 4.72 Å². The first kappa shape index (κ1) is 17.8. The van der Waals surface area contributed by atoms with Crippen molar-refractivity contribution >= 4 is 20.8 Å². The van der Waals surface area contributed by atoms with Gasteiger partial charge in [-0.25, -0.2) is 17.5 Å². The number of aliphatic hydroxyl groups excluding tert-OH is 1. The highest BCUT2D eigenvalue weighted by Gasteiger charge is 2.20. The van der Waals surface area contributed by atoms with Gasteiger partial charge in [0.15, 0.2) is 0 Å². The molecule has 116 valence electrons. The second-order valence-electron chi connectivity index (χ2n) is 4.26. The largest absolute Gasteiger partial charge is 0.384 e. The van der Waals surface area contributed by atoms with Crippen LogP contribution in [0.5, 0.6) is 0 Å². The highest BCUT2D eigenvalue weighted by atomic mass is 32.2. The van der Waals surface area contributed by atoms with Crippen LogP contribution >= 0.6 is 0 Å². The van der Waals surface area contributed by atoms with Gasteiger partial charge in [-0.1, -0.05) is 11.8 Å². The Balaban J connectivity index is 3.10. The molecule has 1 aromatic rings. The first-order valence-corrected chi connectivity index (χ1v) is 9.09. The molecule has 5 nitrogen and oxygen atoms in total. The first-order chi connectivity index (χ1) is 9.77. The van der Waals surface area contributed by atoms with E-state index in [1.54, 1.807) is 6.92 Å². The molecule has 0 amide bonds. The highest BCUT2D eigenvalue weighted by molar-refractivity contribution is 7.89. The lowest BCUT2D eigenvalue weighted by molar-refractivity contribution is 0.350. The zero-order valence-electron chi connectivity index (χ0n) is 11.6. The molecule has 0 bridgehead atoms. The molecular weight excluding hydrogens is 317 g/mol. The third-order valence-electron chi connectivity index (χ3n) is 2.66. The Morgan fingerprint density at radius 3 is 2.71 bits per heavy atom. The van der Waals surface area contributed by atoms with Gasteiger partial charge in [0.05, 0.1) is 4.90 Å². The Morgan fingerprint density at radius 1 is 1.48 bits per heavy atom. The van der Waals surface area contributed by atoms with Crippen LogP contribution in [0.3, 0.4) is 0 Å². The van der Waals surface area contributed by atoms with E-state index in [-0.39, 0.29) is 22.3 Å². The summed E-state index contributed by atoms with van der Waals surface area (Å²) in [4.78, 5) is -0.182. The van der Waals surface area contributed by atoms with Gasteiger partial charge in [0, 0.05) is 34.4 Å². The van der Waals surface area contributed by atoms with E-state index >= 15 is 0 Å². The quantitative estimate of drug-likeness (QED) is 0.755. The Morgan fingerprint density at radius 2 is 2.14 bits per heavy atom. The van der Waals surface area contributed by atoms with Crippen LogP contribution in [0.4, 0.5) is 4.39 Å². The molecule has 0 saturated heterocycles. The average Bonchev–Trinajstić information content (AvgIpc) is 2.42. The van der Waals surface area contributed by atoms with E-state index in [1.165, 1.54) is 6.26 Å². The summed E-state index contributed by atoms with van der Waals surface area (Å²) in [6, 6.07) is 3.10. The summed E-state index contributed by atoms with van der Waals surface area (Å²) in [5.41, 5.74) is -0.0400. The molecule has 0 aliphatic heterocycles. The summed E-state index contributed by atoms with van der Waals surface area (Å²) in [7, 11) is -5.07. The molecule has 0 saturated carbocycles. The summed E-state index contributed by atoms with van der Waals surface area (Å²) >= 11 is 0. The monoisotopic (exact) mass is 333 g/mol. The number of aliphatic hydroxyl groups is 1. The van der Waals surface area contributed by atoms with E-state index in [0.717, 1.165) is 18.2 Å². The van der Waals surface area contributed by atoms with Crippen molar-refractivity contribution < 1.29 is 22.1 Å². The minimum Gasteiger partial charge on any atom is -0.384 e. The van der Waals surface area contributed by atoms with Crippen molar-refractivity contribution in [1.82, 2.24) is 4.72 Å². The first-order valence-electron chi connectivity index (χ1n) is 5.99. The fraction of sp³-hybridized carbons (Fsp3) is 0.385. The topological polar surface area (TPSA) is 83.5 Å². The molecule has 8 heteroatoms. The molecule has 1 aromatic carbocycles. The number of nitrogens with one attached hydrogen (secondary N) is 1. The maximum absolute atomic E-state index is 13.2. The van der Waals surface area contributed by atoms with Crippen molar-refractivity contribution in [2.24, 2.45) is 0 Å². The minimum absolute atomic E-state index is 0.00428. The van der Waals surface area contributed by atoms with Crippen LogP contribution in [0.1, 0.15) is 12.5 Å². The Hall–Kier alpha value is -1.27. The lowest BCUT2D eigenvalue weighted by atomic mass is 10.2. The Kier molecular flexibility index (Phi) is 6.48. The fourth-order valence-corrected chi connectivity index (χ4v) is 3.09. The molecule has 0 fully saturated rings. The normalized spacial score (nSPS) is 14.1. The van der Waals surface area contributed by atoms with Crippen molar-refractivity contribution in [3.8, 4) is 11.8 Å². The molecule has 0 spiro atoms. The third-order valence-corrected chi connectivity index (χ3v) is 5.44. The lowest BCUT2D eigenvalue weighted by Gasteiger charge is -2.12. The number of sulfonamides is 1. The molecular formula is C13H16FNO4S2. The van der Waals surface area contributed by atoms with Crippen LogP contribution in [0.15, 0.2) is 23.1 Å². The van der Waals surface area contributed by atoms with E-state index < -0.39 is 33.2 Å². The van der Waals surface area contributed by atoms with Crippen molar-refractivity contribution in [1.29, 1.82) is 0 Å². The number of hydrogen-bond donors (Lipinski definition) is 2. The maximum Gasteiger partial charge on any atom is 0.241 e. The molecule has 1 rings (SSSR count). The van der Waals surface area contributed by atoms with Crippen molar-refractivity contribution in [2.45, 2.75) is 17.1 Å². The van der Waals surface area contributed by atoms with Crippen molar-refractivity contribution in [3.63, 3.8) is 0 Å². The SMILES string of the molecule is CC(CNS(=O)(=O)c1ccc(F)cc1C#CCO)S(C)=O. The average molecular weight is 333 g/mol. The summed E-state index contributed by atoms with van der Waals surface area (Å²) < 4.78 is 51.1. The number of benzene rings is 1. The molecule has 2 N–H and O–H groups in total. The zero-order valence-corrected chi connectivity index (χ0v) is 13.2. The summed E-state index contributed by atoms with van der Waals surface area (Å²) in [5.74, 6) is 4.06. The lowest BCUT2D eigenvalue weighted by Crippen LogP contribution is -2.33. The van der Waals surface area contributed by atoms with Gasteiger partial charge in [0.1, 0.15) is 12.4 Å². The van der Waals surface area contributed by atoms with Crippen LogP contribution in [0.2, 0.25) is 0 Å². The second kappa shape index (κ2) is 7.66. The van der Waals surface area contributed by atoms with Gasteiger partial charge in [-0.05, 0) is 25.1 Å². The Bertz CT molecular complexity index is 692. The summed E-state index contributed by atoms with van der Waals surface area (Å²) in [5, 5.41) is 8.31. The highest BCUT2D eigenvalue weighted by Crippen LogP contribution is 2.16. The molecule has 2 unspecified atom stereocenters. The van der Waals surface area contributed by atoms with Gasteiger partial charge in [0.2, 0.25) is 10.0 Å². The number of hydrogen-bond acceptors (Lipinski definition) is 4. The molecule has 0 heterocycles. The van der Waals surface area contributed by atoms with E-state index in [9.17, 15) is 17.0 Å². The van der Waals surface area contributed by atoms with Gasteiger partial charge in [-0.3, -0.25) is 4.21 Å². The molecule has 0 aliphatic carbocycles. The van der Waals surface area contributed by atoms with Crippen LogP contribution in [0.25, 0.3) is 0 Å². The van der Waals surface area contributed by atoms with Crippen molar-refractivity contribution in [3.05, 3.63) is 29.6 Å². The minimum atomic E-state index is -3.90. The summed E-state index contributed by atoms with van der Waals surface area (Å²) in [6.07, 6.45) is 1.48. The van der Waals surface area contributed by atoms with Crippen LogP contribution in [-0.4, -0.2) is 42.4 Å². The maximum atomic E-state index is 13.2. The van der Waals surface area contributed by atoms with Crippen molar-refractivity contribution in [2.75, 3.05) is 19.4 Å². The van der Waals surface area contributed by atoms with E-state index in [4.69, 9.17) is 5.11 Å². The van der Waals surface area contributed by atoms with E-state index in [1.807, 2.05) is 0 Å². The van der Waals surface area contributed by atoms with Gasteiger partial charge < -0.3 is 5.11 Å². The predicted octanol–water partition coefficient (Wildman–Crippen LogP) is 0.215. The van der Waals surface area contributed by atoms with Crippen LogP contribution in [0, 0.1) is 17.7 Å². The predicted molar refractivity (Wildman–Crippen MR) is 79.1 cm³/mol. The third kappa shape index (κ3) is 5.21. The zero-order chi connectivity index (χ0) is 16.0. The van der Waals surface area contributed by atoms with Gasteiger partial charge in [-0.15, -0.1) is 0 Å². The van der Waals surface area contributed by atoms with Gasteiger partial charge >= 0.3 is 0 Å². The number of halogens is 1. The molecule has 21 heavy (non-hydrogen) atoms. The Labute approximate surface area is 126 Å². The van der Waals surface area contributed by atoms with E-state index in [2.05, 4.69) is 16.6 Å². The molecule has 0 radical (unpaired) electrons. The smallest absolute Gasteiger partial charge is 0.241 e. The molecule has 0 aliphatic rings. The molecule has 2 atom stereocenters. The van der Waals surface area contributed by atoms with Gasteiger partial charge in [0.25, 0.3) is 0 Å². The fourth-order valence-electron chi connectivity index (χ4n) is 1.39. The van der Waals surface area contributed by atoms with Crippen LogP contribution in [-0.2, 0) is 20.8 Å².